The van der Waals surface area contributed by atoms with Gasteiger partial charge in [-0.15, -0.1) is 0 Å². The lowest BCUT2D eigenvalue weighted by molar-refractivity contribution is -0.0670. The average Bonchev–Trinajstić information content (AvgIpc) is 2.97. The van der Waals surface area contributed by atoms with E-state index in [2.05, 4.69) is 6.92 Å². The van der Waals surface area contributed by atoms with Crippen molar-refractivity contribution in [2.24, 2.45) is 11.8 Å². The summed E-state index contributed by atoms with van der Waals surface area (Å²) >= 11 is 0. The summed E-state index contributed by atoms with van der Waals surface area (Å²) in [5.74, 6) is -1.83. The normalized spacial score (nSPS) is 24.1. The second-order valence-corrected chi connectivity index (χ2v) is 11.1. The van der Waals surface area contributed by atoms with Gasteiger partial charge in [-0.25, -0.2) is 8.78 Å². The molecule has 2 atom stereocenters. The fraction of sp³-hybridized carbons (Fsp3) is 0.594. The van der Waals surface area contributed by atoms with Crippen LogP contribution < -0.4 is 4.74 Å². The number of carbonyl (C=O) groups excluding carboxylic acids is 1. The van der Waals surface area contributed by atoms with Gasteiger partial charge >= 0.3 is 0 Å². The Morgan fingerprint density at radius 1 is 0.923 bits per heavy atom. The quantitative estimate of drug-likeness (QED) is 0.279. The molecular weight excluding hydrogens is 505 g/mol. The number of ether oxygens (including phenoxy) is 3. The first-order valence-corrected chi connectivity index (χ1v) is 14.5. The van der Waals surface area contributed by atoms with Crippen molar-refractivity contribution in [3.63, 3.8) is 0 Å². The molecular formula is C32H41F3O4. The zero-order chi connectivity index (χ0) is 27.9. The molecule has 4 nitrogen and oxygen atoms in total. The lowest BCUT2D eigenvalue weighted by Gasteiger charge is -2.37. The number of methoxy groups -OCH3 is 1. The maximum Gasteiger partial charge on any atom is 0.202 e. The Labute approximate surface area is 230 Å². The van der Waals surface area contributed by atoms with Gasteiger partial charge in [0.15, 0.2) is 29.4 Å². The Morgan fingerprint density at radius 3 is 2.28 bits per heavy atom. The van der Waals surface area contributed by atoms with Crippen LogP contribution in [0.3, 0.4) is 0 Å². The minimum atomic E-state index is -1.28. The van der Waals surface area contributed by atoms with Gasteiger partial charge in [0.2, 0.25) is 5.82 Å². The van der Waals surface area contributed by atoms with E-state index < -0.39 is 17.5 Å². The number of fused-ring (bicyclic) bond motifs is 2. The molecule has 0 spiro atoms. The van der Waals surface area contributed by atoms with E-state index in [1.807, 2.05) is 14.0 Å². The van der Waals surface area contributed by atoms with E-state index in [1.54, 1.807) is 12.1 Å². The molecule has 7 heteroatoms. The molecule has 2 fully saturated rings. The van der Waals surface area contributed by atoms with Crippen LogP contribution in [0.4, 0.5) is 13.2 Å². The van der Waals surface area contributed by atoms with Crippen molar-refractivity contribution in [2.45, 2.75) is 96.7 Å². The monoisotopic (exact) mass is 546 g/mol. The van der Waals surface area contributed by atoms with Gasteiger partial charge in [0.1, 0.15) is 0 Å². The summed E-state index contributed by atoms with van der Waals surface area (Å²) < 4.78 is 59.0. The minimum absolute atomic E-state index is 0.0596. The summed E-state index contributed by atoms with van der Waals surface area (Å²) in [5.41, 5.74) is 0.991. The molecule has 2 aliphatic heterocycles. The molecule has 3 aliphatic rings. The van der Waals surface area contributed by atoms with Gasteiger partial charge in [-0.2, -0.15) is 4.39 Å². The Morgan fingerprint density at radius 2 is 1.67 bits per heavy atom. The standard InChI is InChI=1S/C17H13F3O2.C15H28O2/c1-2-3-9-4-5-10-6-11-7-12(8-21)13(18)15(20)17(11)22-16(10)14(9)19;1-3-4-12-5-10-15(17-11-12)13-6-8-14(16-2)9-7-13/h4-5,7-8H,2-3,6H2,1H3;12-15H,3-11H2,1-2H3. The summed E-state index contributed by atoms with van der Waals surface area (Å²) in [6, 6.07) is 4.63. The number of hydrogen-bond acceptors (Lipinski definition) is 4. The van der Waals surface area contributed by atoms with E-state index in [0.717, 1.165) is 24.9 Å². The molecule has 0 aromatic heterocycles. The van der Waals surface area contributed by atoms with Crippen LogP contribution >= 0.6 is 0 Å². The van der Waals surface area contributed by atoms with E-state index in [1.165, 1.54) is 57.4 Å². The van der Waals surface area contributed by atoms with Crippen LogP contribution in [-0.4, -0.2) is 32.2 Å². The third kappa shape index (κ3) is 6.86. The molecule has 2 heterocycles. The smallest absolute Gasteiger partial charge is 0.202 e. The van der Waals surface area contributed by atoms with Crippen molar-refractivity contribution in [1.82, 2.24) is 0 Å². The number of halogens is 3. The fourth-order valence-electron chi connectivity index (χ4n) is 6.20. The van der Waals surface area contributed by atoms with Gasteiger partial charge in [-0.05, 0) is 74.8 Å². The van der Waals surface area contributed by atoms with E-state index >= 15 is 0 Å². The molecule has 39 heavy (non-hydrogen) atoms. The maximum absolute atomic E-state index is 14.4. The number of aryl methyl sites for hydroxylation is 1. The summed E-state index contributed by atoms with van der Waals surface area (Å²) in [4.78, 5) is 10.8. The third-order valence-electron chi connectivity index (χ3n) is 8.44. The zero-order valence-corrected chi connectivity index (χ0v) is 23.4. The highest BCUT2D eigenvalue weighted by molar-refractivity contribution is 5.77. The van der Waals surface area contributed by atoms with E-state index in [0.29, 0.717) is 35.3 Å². The summed E-state index contributed by atoms with van der Waals surface area (Å²) in [5, 5.41) is 0. The lowest BCUT2D eigenvalue weighted by atomic mass is 9.80. The second kappa shape index (κ2) is 13.8. The van der Waals surface area contributed by atoms with Crippen LogP contribution in [0.25, 0.3) is 0 Å². The van der Waals surface area contributed by atoms with Gasteiger partial charge in [-0.1, -0.05) is 38.8 Å². The van der Waals surface area contributed by atoms with Crippen molar-refractivity contribution in [3.8, 4) is 11.5 Å². The number of rotatable bonds is 7. The molecule has 2 aromatic rings. The predicted molar refractivity (Wildman–Crippen MR) is 145 cm³/mol. The Kier molecular flexibility index (Phi) is 10.5. The van der Waals surface area contributed by atoms with Crippen LogP contribution in [-0.2, 0) is 22.3 Å². The first-order chi connectivity index (χ1) is 18.9. The van der Waals surface area contributed by atoms with Gasteiger partial charge in [-0.3, -0.25) is 4.79 Å². The topological polar surface area (TPSA) is 44.8 Å². The molecule has 1 saturated carbocycles. The Balaban J connectivity index is 0.000000187. The Bertz CT molecular complexity index is 1120. The number of aldehydes is 1. The molecule has 0 radical (unpaired) electrons. The molecule has 1 aliphatic carbocycles. The Hall–Kier alpha value is -2.38. The van der Waals surface area contributed by atoms with Gasteiger partial charge in [0.05, 0.1) is 17.8 Å². The van der Waals surface area contributed by atoms with Crippen molar-refractivity contribution < 1.29 is 32.2 Å². The highest BCUT2D eigenvalue weighted by Gasteiger charge is 2.31. The first kappa shape index (κ1) is 29.6. The maximum atomic E-state index is 14.4. The molecule has 0 bridgehead atoms. The molecule has 5 rings (SSSR count). The van der Waals surface area contributed by atoms with Gasteiger partial charge in [0.25, 0.3) is 0 Å². The van der Waals surface area contributed by atoms with Crippen LogP contribution in [0.5, 0.6) is 11.5 Å². The number of hydrogen-bond donors (Lipinski definition) is 0. The van der Waals surface area contributed by atoms with Crippen molar-refractivity contribution in [3.05, 3.63) is 57.9 Å². The van der Waals surface area contributed by atoms with Crippen molar-refractivity contribution in [1.29, 1.82) is 0 Å². The van der Waals surface area contributed by atoms with Crippen LogP contribution in [0.1, 0.15) is 98.7 Å². The van der Waals surface area contributed by atoms with Crippen LogP contribution in [0.15, 0.2) is 18.2 Å². The zero-order valence-electron chi connectivity index (χ0n) is 23.4. The summed E-state index contributed by atoms with van der Waals surface area (Å²) in [6.07, 6.45) is 13.2. The molecule has 214 valence electrons. The molecule has 0 amide bonds. The SMILES string of the molecule is CCCC1CCC(C2CCC(OC)CC2)OC1.CCCc1ccc2c(c1F)Oc1c(cc(C=O)c(F)c1F)C2. The fourth-order valence-corrected chi connectivity index (χ4v) is 6.20. The average molecular weight is 547 g/mol. The first-order valence-electron chi connectivity index (χ1n) is 14.5. The highest BCUT2D eigenvalue weighted by Crippen LogP contribution is 2.42. The van der Waals surface area contributed by atoms with Crippen molar-refractivity contribution in [2.75, 3.05) is 13.7 Å². The molecule has 0 N–H and O–H groups in total. The van der Waals surface area contributed by atoms with Gasteiger partial charge in [0, 0.05) is 31.3 Å². The molecule has 2 aromatic carbocycles. The number of carbonyl (C=O) groups is 1. The minimum Gasteiger partial charge on any atom is -0.450 e. The third-order valence-corrected chi connectivity index (χ3v) is 8.44. The predicted octanol–water partition coefficient (Wildman–Crippen LogP) is 8.35. The lowest BCUT2D eigenvalue weighted by Crippen LogP contribution is -2.35. The van der Waals surface area contributed by atoms with Crippen LogP contribution in [0, 0.1) is 29.3 Å². The van der Waals surface area contributed by atoms with Crippen LogP contribution in [0.2, 0.25) is 0 Å². The van der Waals surface area contributed by atoms with E-state index in [-0.39, 0.29) is 29.8 Å². The second-order valence-electron chi connectivity index (χ2n) is 11.1. The number of benzene rings is 2. The van der Waals surface area contributed by atoms with Gasteiger partial charge < -0.3 is 14.2 Å². The largest absolute Gasteiger partial charge is 0.450 e. The summed E-state index contributed by atoms with van der Waals surface area (Å²) in [6.45, 7) is 5.21. The summed E-state index contributed by atoms with van der Waals surface area (Å²) in [7, 11) is 1.84. The van der Waals surface area contributed by atoms with Crippen molar-refractivity contribution >= 4 is 6.29 Å². The van der Waals surface area contributed by atoms with E-state index in [4.69, 9.17) is 14.2 Å². The highest BCUT2D eigenvalue weighted by atomic mass is 19.2. The van der Waals surface area contributed by atoms with E-state index in [9.17, 15) is 18.0 Å². The molecule has 1 saturated heterocycles. The molecule has 2 unspecified atom stereocenters.